The SMILES string of the molecule is C=CCc1ccccc1OC.CC(C)(C)OC(=O)CCCCCCCCCCCCCCCCCCC=O. The summed E-state index contributed by atoms with van der Waals surface area (Å²) in [7, 11) is 1.68. The Kier molecular flexibility index (Phi) is 23.8. The lowest BCUT2D eigenvalue weighted by Crippen LogP contribution is -2.23. The molecule has 0 bridgehead atoms. The van der Waals surface area contributed by atoms with Gasteiger partial charge in [-0.2, -0.15) is 0 Å². The minimum Gasteiger partial charge on any atom is -0.496 e. The highest BCUT2D eigenvalue weighted by atomic mass is 16.6. The lowest BCUT2D eigenvalue weighted by Gasteiger charge is -2.19. The number of hydrogen-bond donors (Lipinski definition) is 0. The van der Waals surface area contributed by atoms with Crippen molar-refractivity contribution in [1.29, 1.82) is 0 Å². The Labute approximate surface area is 235 Å². The molecule has 0 aromatic heterocycles. The van der Waals surface area contributed by atoms with Crippen molar-refractivity contribution in [2.75, 3.05) is 7.11 Å². The highest BCUT2D eigenvalue weighted by Gasteiger charge is 2.15. The van der Waals surface area contributed by atoms with Crippen molar-refractivity contribution in [3.63, 3.8) is 0 Å². The maximum Gasteiger partial charge on any atom is 0.306 e. The van der Waals surface area contributed by atoms with Gasteiger partial charge in [-0.1, -0.05) is 114 Å². The van der Waals surface area contributed by atoms with Crippen LogP contribution in [0.2, 0.25) is 0 Å². The van der Waals surface area contributed by atoms with Gasteiger partial charge in [0.25, 0.3) is 0 Å². The van der Waals surface area contributed by atoms with E-state index in [0.29, 0.717) is 6.42 Å². The van der Waals surface area contributed by atoms with E-state index < -0.39 is 0 Å². The topological polar surface area (TPSA) is 52.6 Å². The van der Waals surface area contributed by atoms with Crippen LogP contribution in [0.5, 0.6) is 5.75 Å². The monoisotopic (exact) mass is 530 g/mol. The number of ether oxygens (including phenoxy) is 2. The summed E-state index contributed by atoms with van der Waals surface area (Å²) in [6.07, 6.45) is 25.7. The molecule has 0 heterocycles. The average Bonchev–Trinajstić information content (AvgIpc) is 2.88. The fourth-order valence-electron chi connectivity index (χ4n) is 4.39. The number of unbranched alkanes of at least 4 members (excludes halogenated alkanes) is 16. The predicted molar refractivity (Wildman–Crippen MR) is 162 cm³/mol. The molecule has 218 valence electrons. The minimum atomic E-state index is -0.352. The zero-order chi connectivity index (χ0) is 28.3. The first-order valence-electron chi connectivity index (χ1n) is 15.2. The summed E-state index contributed by atoms with van der Waals surface area (Å²) >= 11 is 0. The van der Waals surface area contributed by atoms with Crippen molar-refractivity contribution >= 4 is 12.3 Å². The minimum absolute atomic E-state index is 0.0552. The van der Waals surface area contributed by atoms with Crippen LogP contribution in [-0.2, 0) is 20.7 Å². The molecule has 1 aromatic rings. The lowest BCUT2D eigenvalue weighted by molar-refractivity contribution is -0.154. The molecule has 0 saturated carbocycles. The molecule has 0 aliphatic rings. The lowest BCUT2D eigenvalue weighted by atomic mass is 10.0. The van der Waals surface area contributed by atoms with Gasteiger partial charge in [0.05, 0.1) is 7.11 Å². The third-order valence-corrected chi connectivity index (χ3v) is 6.43. The molecule has 0 spiro atoms. The van der Waals surface area contributed by atoms with Crippen molar-refractivity contribution in [2.24, 2.45) is 0 Å². The van der Waals surface area contributed by atoms with Crippen LogP contribution < -0.4 is 4.74 Å². The third kappa shape index (κ3) is 24.2. The zero-order valence-corrected chi connectivity index (χ0v) is 25.2. The van der Waals surface area contributed by atoms with Crippen LogP contribution in [-0.4, -0.2) is 25.0 Å². The summed E-state index contributed by atoms with van der Waals surface area (Å²) in [6, 6.07) is 7.96. The van der Waals surface area contributed by atoms with Crippen LogP contribution in [0.3, 0.4) is 0 Å². The molecular weight excluding hydrogens is 472 g/mol. The van der Waals surface area contributed by atoms with Gasteiger partial charge in [-0.15, -0.1) is 6.58 Å². The molecule has 0 aliphatic heterocycles. The quantitative estimate of drug-likeness (QED) is 0.0647. The summed E-state index contributed by atoms with van der Waals surface area (Å²) in [5, 5.41) is 0. The molecule has 0 aliphatic carbocycles. The summed E-state index contributed by atoms with van der Waals surface area (Å²) in [6.45, 7) is 9.44. The molecule has 1 aromatic carbocycles. The Morgan fingerprint density at radius 3 is 1.63 bits per heavy atom. The number of carbonyl (C=O) groups is 2. The number of carbonyl (C=O) groups excluding carboxylic acids is 2. The van der Waals surface area contributed by atoms with E-state index in [2.05, 4.69) is 6.58 Å². The fraction of sp³-hybridized carbons (Fsp3) is 0.706. The van der Waals surface area contributed by atoms with Gasteiger partial charge < -0.3 is 14.3 Å². The van der Waals surface area contributed by atoms with Crippen molar-refractivity contribution in [2.45, 2.75) is 148 Å². The largest absolute Gasteiger partial charge is 0.496 e. The van der Waals surface area contributed by atoms with Crippen LogP contribution in [0, 0.1) is 0 Å². The van der Waals surface area contributed by atoms with Crippen LogP contribution in [0.4, 0.5) is 0 Å². The van der Waals surface area contributed by atoms with Crippen molar-refractivity contribution in [1.82, 2.24) is 0 Å². The number of methoxy groups -OCH3 is 1. The molecule has 0 amide bonds. The van der Waals surface area contributed by atoms with Gasteiger partial charge in [0.15, 0.2) is 0 Å². The highest BCUT2D eigenvalue weighted by molar-refractivity contribution is 5.69. The molecule has 0 N–H and O–H groups in total. The van der Waals surface area contributed by atoms with E-state index in [1.165, 1.54) is 89.0 Å². The Hall–Kier alpha value is -2.10. The number of aldehydes is 1. The van der Waals surface area contributed by atoms with E-state index in [9.17, 15) is 9.59 Å². The summed E-state index contributed by atoms with van der Waals surface area (Å²) in [4.78, 5) is 21.8. The van der Waals surface area contributed by atoms with Crippen LogP contribution in [0.1, 0.15) is 142 Å². The van der Waals surface area contributed by atoms with Gasteiger partial charge in [-0.05, 0) is 51.7 Å². The second-order valence-corrected chi connectivity index (χ2v) is 11.3. The molecule has 0 saturated heterocycles. The number of rotatable bonds is 22. The molecule has 0 fully saturated rings. The van der Waals surface area contributed by atoms with Gasteiger partial charge in [0, 0.05) is 12.8 Å². The number of esters is 1. The van der Waals surface area contributed by atoms with Crippen molar-refractivity contribution in [3.8, 4) is 5.75 Å². The Morgan fingerprint density at radius 2 is 1.21 bits per heavy atom. The average molecular weight is 531 g/mol. The maximum atomic E-state index is 11.6. The normalized spacial score (nSPS) is 10.8. The molecule has 4 nitrogen and oxygen atoms in total. The number of benzene rings is 1. The zero-order valence-electron chi connectivity index (χ0n) is 25.2. The molecular formula is C34H58O4. The van der Waals surface area contributed by atoms with Crippen molar-refractivity contribution in [3.05, 3.63) is 42.5 Å². The van der Waals surface area contributed by atoms with E-state index >= 15 is 0 Å². The van der Waals surface area contributed by atoms with E-state index in [-0.39, 0.29) is 11.6 Å². The number of para-hydroxylation sites is 1. The van der Waals surface area contributed by atoms with Crippen molar-refractivity contribution < 1.29 is 19.1 Å². The van der Waals surface area contributed by atoms with Crippen LogP contribution in [0.25, 0.3) is 0 Å². The second kappa shape index (κ2) is 25.2. The smallest absolute Gasteiger partial charge is 0.306 e. The first-order valence-corrected chi connectivity index (χ1v) is 15.2. The molecule has 0 radical (unpaired) electrons. The fourth-order valence-corrected chi connectivity index (χ4v) is 4.39. The van der Waals surface area contributed by atoms with Gasteiger partial charge in [0.1, 0.15) is 17.6 Å². The predicted octanol–water partition coefficient (Wildman–Crippen LogP) is 9.97. The Morgan fingerprint density at radius 1 is 0.763 bits per heavy atom. The Bertz CT molecular complexity index is 705. The molecule has 0 unspecified atom stereocenters. The number of allylic oxidation sites excluding steroid dienone is 1. The first kappa shape index (κ1) is 35.9. The van der Waals surface area contributed by atoms with E-state index in [4.69, 9.17) is 9.47 Å². The van der Waals surface area contributed by atoms with Crippen LogP contribution in [0.15, 0.2) is 36.9 Å². The van der Waals surface area contributed by atoms with Gasteiger partial charge in [-0.25, -0.2) is 0 Å². The summed E-state index contributed by atoms with van der Waals surface area (Å²) in [5.74, 6) is 0.882. The molecule has 4 heteroatoms. The number of hydrogen-bond acceptors (Lipinski definition) is 4. The second-order valence-electron chi connectivity index (χ2n) is 11.3. The molecule has 1 rings (SSSR count). The highest BCUT2D eigenvalue weighted by Crippen LogP contribution is 2.18. The van der Waals surface area contributed by atoms with E-state index in [1.807, 2.05) is 51.1 Å². The summed E-state index contributed by atoms with van der Waals surface area (Å²) in [5.41, 5.74) is 0.833. The maximum absolute atomic E-state index is 11.6. The van der Waals surface area contributed by atoms with Crippen LogP contribution >= 0.6 is 0 Å². The van der Waals surface area contributed by atoms with E-state index in [0.717, 1.165) is 44.1 Å². The standard InChI is InChI=1S/C24H46O3.C10H12O/c1-24(2,3)27-23(26)21-19-17-15-13-11-9-7-5-4-6-8-10-12-14-16-18-20-22-25;1-3-6-9-7-4-5-8-10(9)11-2/h22H,4-21H2,1-3H3;3-5,7-8H,1,6H2,2H3. The van der Waals surface area contributed by atoms with Gasteiger partial charge in [-0.3, -0.25) is 4.79 Å². The molecule has 0 atom stereocenters. The van der Waals surface area contributed by atoms with E-state index in [1.54, 1.807) is 7.11 Å². The first-order chi connectivity index (χ1) is 18.3. The van der Waals surface area contributed by atoms with Gasteiger partial charge >= 0.3 is 5.97 Å². The molecule has 38 heavy (non-hydrogen) atoms. The third-order valence-electron chi connectivity index (χ3n) is 6.43. The van der Waals surface area contributed by atoms with Gasteiger partial charge in [0.2, 0.25) is 0 Å². The Balaban J connectivity index is 0.00000103. The summed E-state index contributed by atoms with van der Waals surface area (Å²) < 4.78 is 10.5.